The molecule has 8 heteroatoms. The second-order valence-corrected chi connectivity index (χ2v) is 11.5. The minimum absolute atomic E-state index is 0.0957. The van der Waals surface area contributed by atoms with Gasteiger partial charge in [-0.3, -0.25) is 19.7 Å². The van der Waals surface area contributed by atoms with Gasteiger partial charge in [-0.1, -0.05) is 31.7 Å². The number of fused-ring (bicyclic) bond motifs is 1. The number of thioether (sulfide) groups is 1. The van der Waals surface area contributed by atoms with E-state index >= 15 is 0 Å². The van der Waals surface area contributed by atoms with Crippen LogP contribution in [0.5, 0.6) is 0 Å². The van der Waals surface area contributed by atoms with E-state index < -0.39 is 6.04 Å². The summed E-state index contributed by atoms with van der Waals surface area (Å²) in [5.74, 6) is 0.338. The van der Waals surface area contributed by atoms with E-state index in [4.69, 9.17) is 0 Å². The third-order valence-electron chi connectivity index (χ3n) is 7.30. The van der Waals surface area contributed by atoms with Crippen molar-refractivity contribution in [1.82, 2.24) is 20.4 Å². The Kier molecular flexibility index (Phi) is 9.25. The van der Waals surface area contributed by atoms with E-state index in [1.54, 1.807) is 4.90 Å². The SMILES string of the molecule is CC1CN(CCCCCCCCSc2cccc3c2CN(C2CCC(=O)NC2=O)C3=O)CC(C)N1. The van der Waals surface area contributed by atoms with Crippen LogP contribution in [0, 0.1) is 0 Å². The Morgan fingerprint density at radius 1 is 0.971 bits per heavy atom. The van der Waals surface area contributed by atoms with Gasteiger partial charge in [0.15, 0.2) is 0 Å². The van der Waals surface area contributed by atoms with Gasteiger partial charge in [0.2, 0.25) is 11.8 Å². The lowest BCUT2D eigenvalue weighted by molar-refractivity contribution is -0.136. The molecule has 1 aromatic rings. The van der Waals surface area contributed by atoms with Crippen LogP contribution >= 0.6 is 11.8 Å². The molecule has 2 fully saturated rings. The van der Waals surface area contributed by atoms with Gasteiger partial charge in [-0.2, -0.15) is 0 Å². The zero-order chi connectivity index (χ0) is 24.8. The van der Waals surface area contributed by atoms with Crippen molar-refractivity contribution >= 4 is 29.5 Å². The van der Waals surface area contributed by atoms with E-state index in [1.165, 1.54) is 58.2 Å². The van der Waals surface area contributed by atoms with Crippen molar-refractivity contribution in [2.45, 2.75) is 94.8 Å². The molecule has 35 heavy (non-hydrogen) atoms. The molecule has 3 atom stereocenters. The Morgan fingerprint density at radius 3 is 2.43 bits per heavy atom. The third kappa shape index (κ3) is 6.86. The predicted molar refractivity (Wildman–Crippen MR) is 139 cm³/mol. The van der Waals surface area contributed by atoms with Gasteiger partial charge in [-0.25, -0.2) is 0 Å². The summed E-state index contributed by atoms with van der Waals surface area (Å²) in [5.41, 5.74) is 1.73. The zero-order valence-corrected chi connectivity index (χ0v) is 22.0. The van der Waals surface area contributed by atoms with Gasteiger partial charge >= 0.3 is 0 Å². The van der Waals surface area contributed by atoms with Crippen molar-refractivity contribution in [2.24, 2.45) is 0 Å². The van der Waals surface area contributed by atoms with Crippen molar-refractivity contribution < 1.29 is 14.4 Å². The van der Waals surface area contributed by atoms with Crippen molar-refractivity contribution in [3.05, 3.63) is 29.3 Å². The van der Waals surface area contributed by atoms with E-state index in [9.17, 15) is 14.4 Å². The van der Waals surface area contributed by atoms with Crippen LogP contribution in [0.25, 0.3) is 0 Å². The van der Waals surface area contributed by atoms with Crippen LogP contribution in [0.1, 0.15) is 81.1 Å². The van der Waals surface area contributed by atoms with E-state index in [-0.39, 0.29) is 24.1 Å². The average molecular weight is 501 g/mol. The number of nitrogens with one attached hydrogen (secondary N) is 2. The van der Waals surface area contributed by atoms with Crippen LogP contribution in [0.4, 0.5) is 0 Å². The number of amides is 3. The lowest BCUT2D eigenvalue weighted by Crippen LogP contribution is -2.54. The molecule has 0 bridgehead atoms. The second-order valence-electron chi connectivity index (χ2n) is 10.4. The molecule has 2 N–H and O–H groups in total. The Hall–Kier alpha value is -1.90. The van der Waals surface area contributed by atoms with E-state index in [1.807, 2.05) is 23.9 Å². The molecule has 4 rings (SSSR count). The highest BCUT2D eigenvalue weighted by Gasteiger charge is 2.39. The highest BCUT2D eigenvalue weighted by atomic mass is 32.2. The highest BCUT2D eigenvalue weighted by molar-refractivity contribution is 7.99. The predicted octanol–water partition coefficient (Wildman–Crippen LogP) is 3.56. The summed E-state index contributed by atoms with van der Waals surface area (Å²) in [4.78, 5) is 42.1. The number of unbranched alkanes of at least 4 members (excludes halogenated alkanes) is 5. The lowest BCUT2D eigenvalue weighted by Gasteiger charge is -2.36. The number of hydrogen-bond donors (Lipinski definition) is 2. The Morgan fingerprint density at radius 2 is 1.69 bits per heavy atom. The Labute approximate surface area is 213 Å². The molecule has 1 aromatic carbocycles. The molecule has 0 aliphatic carbocycles. The molecule has 0 saturated carbocycles. The number of piperazine rings is 1. The topological polar surface area (TPSA) is 81.8 Å². The molecule has 0 radical (unpaired) electrons. The van der Waals surface area contributed by atoms with Crippen LogP contribution in [-0.4, -0.2) is 71.0 Å². The number of hydrogen-bond acceptors (Lipinski definition) is 6. The number of rotatable bonds is 11. The monoisotopic (exact) mass is 500 g/mol. The summed E-state index contributed by atoms with van der Waals surface area (Å²) in [6.07, 6.45) is 8.29. The second kappa shape index (κ2) is 12.4. The van der Waals surface area contributed by atoms with Crippen LogP contribution in [0.3, 0.4) is 0 Å². The van der Waals surface area contributed by atoms with Gasteiger partial charge in [0.05, 0.1) is 0 Å². The van der Waals surface area contributed by atoms with Crippen molar-refractivity contribution in [3.63, 3.8) is 0 Å². The van der Waals surface area contributed by atoms with Crippen LogP contribution in [0.15, 0.2) is 23.1 Å². The smallest absolute Gasteiger partial charge is 0.255 e. The first-order valence-corrected chi connectivity index (χ1v) is 14.3. The van der Waals surface area contributed by atoms with Crippen molar-refractivity contribution in [3.8, 4) is 0 Å². The maximum absolute atomic E-state index is 13.0. The fourth-order valence-electron chi connectivity index (χ4n) is 5.64. The molecule has 3 aliphatic rings. The molecular formula is C27H40N4O3S. The molecule has 3 aliphatic heterocycles. The van der Waals surface area contributed by atoms with E-state index in [2.05, 4.69) is 35.4 Å². The maximum atomic E-state index is 13.0. The van der Waals surface area contributed by atoms with Gasteiger partial charge in [0.1, 0.15) is 6.04 Å². The normalized spacial score (nSPS) is 25.1. The molecular weight excluding hydrogens is 460 g/mol. The first-order chi connectivity index (χ1) is 16.9. The van der Waals surface area contributed by atoms with Crippen molar-refractivity contribution in [1.29, 1.82) is 0 Å². The quantitative estimate of drug-likeness (QED) is 0.275. The minimum atomic E-state index is -0.552. The number of benzene rings is 1. The highest BCUT2D eigenvalue weighted by Crippen LogP contribution is 2.34. The molecule has 3 heterocycles. The molecule has 0 spiro atoms. The molecule has 3 unspecified atom stereocenters. The summed E-state index contributed by atoms with van der Waals surface area (Å²) < 4.78 is 0. The largest absolute Gasteiger partial charge is 0.322 e. The Balaban J connectivity index is 1.14. The fourth-order valence-corrected chi connectivity index (χ4v) is 6.73. The summed E-state index contributed by atoms with van der Waals surface area (Å²) >= 11 is 1.82. The van der Waals surface area contributed by atoms with Gasteiger partial charge in [0.25, 0.3) is 5.91 Å². The van der Waals surface area contributed by atoms with E-state index in [0.717, 1.165) is 16.2 Å². The third-order valence-corrected chi connectivity index (χ3v) is 8.48. The number of carbonyl (C=O) groups is 3. The number of piperidine rings is 1. The number of nitrogens with zero attached hydrogens (tertiary/aromatic N) is 2. The van der Waals surface area contributed by atoms with Crippen LogP contribution in [0.2, 0.25) is 0 Å². The standard InChI is InChI=1S/C27H40N4O3S/c1-19-16-30(17-20(2)28-19)14-7-5-3-4-6-8-15-35-24-11-9-10-21-22(24)18-31(27(21)34)23-12-13-25(32)29-26(23)33/h9-11,19-20,23,28H,3-8,12-18H2,1-2H3,(H,29,32,33). The maximum Gasteiger partial charge on any atom is 0.255 e. The van der Waals surface area contributed by atoms with Crippen LogP contribution < -0.4 is 10.6 Å². The van der Waals surface area contributed by atoms with Gasteiger partial charge in [0, 0.05) is 48.6 Å². The van der Waals surface area contributed by atoms with E-state index in [0.29, 0.717) is 30.6 Å². The average Bonchev–Trinajstić information content (AvgIpc) is 3.14. The minimum Gasteiger partial charge on any atom is -0.322 e. The molecule has 192 valence electrons. The van der Waals surface area contributed by atoms with Gasteiger partial charge < -0.3 is 15.1 Å². The van der Waals surface area contributed by atoms with Gasteiger partial charge in [-0.15, -0.1) is 11.8 Å². The first kappa shape index (κ1) is 26.2. The zero-order valence-electron chi connectivity index (χ0n) is 21.2. The molecule has 7 nitrogen and oxygen atoms in total. The molecule has 3 amide bonds. The summed E-state index contributed by atoms with van der Waals surface area (Å²) in [5, 5.41) is 5.97. The summed E-state index contributed by atoms with van der Waals surface area (Å²) in [6, 6.07) is 6.52. The summed E-state index contributed by atoms with van der Waals surface area (Å²) in [6.45, 7) is 8.56. The molecule has 2 saturated heterocycles. The number of carbonyl (C=O) groups excluding carboxylic acids is 3. The summed E-state index contributed by atoms with van der Waals surface area (Å²) in [7, 11) is 0. The van der Waals surface area contributed by atoms with Crippen LogP contribution in [-0.2, 0) is 16.1 Å². The van der Waals surface area contributed by atoms with Crippen molar-refractivity contribution in [2.75, 3.05) is 25.4 Å². The Bertz CT molecular complexity index is 914. The number of imide groups is 1. The molecule has 0 aromatic heterocycles. The fraction of sp³-hybridized carbons (Fsp3) is 0.667. The lowest BCUT2D eigenvalue weighted by atomic mass is 10.0. The van der Waals surface area contributed by atoms with Gasteiger partial charge in [-0.05, 0) is 63.1 Å². The first-order valence-electron chi connectivity index (χ1n) is 13.3.